The maximum absolute atomic E-state index is 12.3. The number of aromatic nitrogens is 1. The average Bonchev–Trinajstić information content (AvgIpc) is 3.66. The van der Waals surface area contributed by atoms with Gasteiger partial charge in [-0.2, -0.15) is 44.2 Å². The fraction of sp³-hybridized carbons (Fsp3) is 0.0227. The molecule has 2 heterocycles. The van der Waals surface area contributed by atoms with Crippen LogP contribution in [0, 0.1) is 29.6 Å². The van der Waals surface area contributed by atoms with Crippen molar-refractivity contribution in [3.05, 3.63) is 138 Å². The highest BCUT2D eigenvalue weighted by Gasteiger charge is 2.25. The summed E-state index contributed by atoms with van der Waals surface area (Å²) >= 11 is 0.853. The van der Waals surface area contributed by atoms with Gasteiger partial charge in [0.1, 0.15) is 38.2 Å². The van der Waals surface area contributed by atoms with E-state index >= 15 is 0 Å². The molecular weight excluding hydrogens is 1010 g/mol. The number of benzene rings is 6. The van der Waals surface area contributed by atoms with Crippen molar-refractivity contribution in [3.8, 4) is 23.3 Å². The van der Waals surface area contributed by atoms with E-state index in [2.05, 4.69) is 48.2 Å². The zero-order valence-corrected chi connectivity index (χ0v) is 39.4. The SMILES string of the molecule is Cc1c(C#N)c(Nc2ccc(S(=O)(=O)O)cc2)nc(Nc2ccc(S(=O)(=O)O)cc2)c1N=Nc1sc(N=Nc2ccc3c(S(=O)(=O)O)ccc(S(=O)(=O)O)c3c2)c(-c2ccc3ccccc3c2)c1C#N. The van der Waals surface area contributed by atoms with E-state index in [0.717, 1.165) is 64.6 Å². The second-order valence-corrected chi connectivity index (χ2v) is 21.4. The molecule has 2 aromatic heterocycles. The van der Waals surface area contributed by atoms with Crippen LogP contribution in [0.15, 0.2) is 161 Å². The van der Waals surface area contributed by atoms with Crippen molar-refractivity contribution in [2.45, 2.75) is 26.5 Å². The first kappa shape index (κ1) is 48.6. The lowest BCUT2D eigenvalue weighted by Gasteiger charge is -2.16. The van der Waals surface area contributed by atoms with E-state index in [4.69, 9.17) is 0 Å². The van der Waals surface area contributed by atoms with Crippen molar-refractivity contribution in [1.82, 2.24) is 4.98 Å². The summed E-state index contributed by atoms with van der Waals surface area (Å²) in [4.78, 5) is 2.46. The molecule has 70 heavy (non-hydrogen) atoms. The first-order chi connectivity index (χ1) is 33.0. The topological polar surface area (TPSA) is 351 Å². The van der Waals surface area contributed by atoms with Gasteiger partial charge in [0.25, 0.3) is 40.5 Å². The van der Waals surface area contributed by atoms with Crippen LogP contribution < -0.4 is 10.6 Å². The van der Waals surface area contributed by atoms with Crippen LogP contribution in [0.4, 0.5) is 44.4 Å². The summed E-state index contributed by atoms with van der Waals surface area (Å²) in [5.74, 6) is -0.128. The molecule has 0 aliphatic heterocycles. The van der Waals surface area contributed by atoms with Gasteiger partial charge in [0.2, 0.25) is 0 Å². The molecule has 0 unspecified atom stereocenters. The smallest absolute Gasteiger partial charge is 0.295 e. The average molecular weight is 1040 g/mol. The fourth-order valence-electron chi connectivity index (χ4n) is 7.08. The predicted molar refractivity (Wildman–Crippen MR) is 257 cm³/mol. The highest BCUT2D eigenvalue weighted by atomic mass is 32.2. The number of nitrogens with one attached hydrogen (secondary N) is 2. The summed E-state index contributed by atoms with van der Waals surface area (Å²) in [7, 11) is -18.9. The number of fused-ring (bicyclic) bond motifs is 2. The molecule has 0 radical (unpaired) electrons. The minimum atomic E-state index is -4.92. The van der Waals surface area contributed by atoms with Gasteiger partial charge in [-0.3, -0.25) is 18.2 Å². The number of hydrogen-bond donors (Lipinski definition) is 6. The Hall–Kier alpha value is -7.89. The largest absolute Gasteiger partial charge is 0.339 e. The number of azo groups is 2. The zero-order valence-electron chi connectivity index (χ0n) is 35.3. The number of pyridine rings is 1. The van der Waals surface area contributed by atoms with Gasteiger partial charge in [0, 0.05) is 33.3 Å². The Morgan fingerprint density at radius 3 is 1.64 bits per heavy atom. The zero-order chi connectivity index (χ0) is 50.3. The molecule has 0 saturated carbocycles. The van der Waals surface area contributed by atoms with Crippen LogP contribution in [0.3, 0.4) is 0 Å². The molecule has 352 valence electrons. The van der Waals surface area contributed by atoms with Crippen molar-refractivity contribution in [2.75, 3.05) is 10.6 Å². The van der Waals surface area contributed by atoms with E-state index in [1.54, 1.807) is 12.1 Å². The molecule has 6 aromatic carbocycles. The second kappa shape index (κ2) is 18.5. The molecule has 0 amide bonds. The Balaban J connectivity index is 1.28. The van der Waals surface area contributed by atoms with Crippen molar-refractivity contribution < 1.29 is 51.9 Å². The molecule has 21 nitrogen and oxygen atoms in total. The van der Waals surface area contributed by atoms with Gasteiger partial charge in [-0.15, -0.1) is 20.5 Å². The molecule has 8 rings (SSSR count). The number of nitriles is 2. The van der Waals surface area contributed by atoms with E-state index in [1.165, 1.54) is 43.3 Å². The third kappa shape index (κ3) is 10.1. The highest BCUT2D eigenvalue weighted by Crippen LogP contribution is 2.49. The number of thiophene rings is 1. The van der Waals surface area contributed by atoms with Crippen molar-refractivity contribution in [3.63, 3.8) is 0 Å². The molecule has 0 bridgehead atoms. The molecule has 0 spiro atoms. The van der Waals surface area contributed by atoms with Crippen LogP contribution in [0.1, 0.15) is 16.7 Å². The lowest BCUT2D eigenvalue weighted by Crippen LogP contribution is -2.05. The molecular formula is C44H29N9O12S5. The summed E-state index contributed by atoms with van der Waals surface area (Å²) in [5, 5.41) is 45.9. The van der Waals surface area contributed by atoms with Crippen molar-refractivity contribution >= 4 is 118 Å². The van der Waals surface area contributed by atoms with E-state index in [9.17, 15) is 62.4 Å². The lowest BCUT2D eigenvalue weighted by atomic mass is 10.00. The minimum absolute atomic E-state index is 0.0212. The van der Waals surface area contributed by atoms with Gasteiger partial charge in [-0.1, -0.05) is 53.8 Å². The maximum atomic E-state index is 12.3. The molecule has 0 atom stereocenters. The van der Waals surface area contributed by atoms with Gasteiger partial charge < -0.3 is 10.6 Å². The second-order valence-electron chi connectivity index (χ2n) is 14.8. The van der Waals surface area contributed by atoms with E-state index in [-0.39, 0.29) is 77.4 Å². The monoisotopic (exact) mass is 1040 g/mol. The summed E-state index contributed by atoms with van der Waals surface area (Å²) in [5.41, 5.74) is 1.21. The summed E-state index contributed by atoms with van der Waals surface area (Å²) in [6.45, 7) is 1.52. The van der Waals surface area contributed by atoms with Gasteiger partial charge in [0.15, 0.2) is 16.6 Å². The molecule has 0 saturated heterocycles. The van der Waals surface area contributed by atoms with Crippen molar-refractivity contribution in [1.29, 1.82) is 10.5 Å². The lowest BCUT2D eigenvalue weighted by molar-refractivity contribution is 0.480. The molecule has 6 N–H and O–H groups in total. The van der Waals surface area contributed by atoms with Crippen LogP contribution in [-0.2, 0) is 40.5 Å². The summed E-state index contributed by atoms with van der Waals surface area (Å²) in [6.07, 6.45) is 0. The van der Waals surface area contributed by atoms with Crippen LogP contribution >= 0.6 is 11.3 Å². The summed E-state index contributed by atoms with van der Waals surface area (Å²) < 4.78 is 135. The molecule has 26 heteroatoms. The Kier molecular flexibility index (Phi) is 12.9. The van der Waals surface area contributed by atoms with Crippen LogP contribution in [0.5, 0.6) is 0 Å². The number of anilines is 4. The predicted octanol–water partition coefficient (Wildman–Crippen LogP) is 10.5. The summed E-state index contributed by atoms with van der Waals surface area (Å²) in [6, 6.07) is 31.9. The number of nitrogens with zero attached hydrogens (tertiary/aromatic N) is 7. The maximum Gasteiger partial charge on any atom is 0.295 e. The van der Waals surface area contributed by atoms with Crippen LogP contribution in [-0.4, -0.2) is 56.9 Å². The fourth-order valence-corrected chi connectivity index (χ4v) is 10.3. The molecule has 0 aliphatic rings. The van der Waals surface area contributed by atoms with Gasteiger partial charge in [-0.05, 0) is 102 Å². The van der Waals surface area contributed by atoms with E-state index in [1.807, 2.05) is 30.3 Å². The molecule has 8 aromatic rings. The Morgan fingerprint density at radius 1 is 0.543 bits per heavy atom. The Labute approximate surface area is 401 Å². The first-order valence-electron chi connectivity index (χ1n) is 19.6. The third-order valence-corrected chi connectivity index (χ3v) is 14.9. The quantitative estimate of drug-likeness (QED) is 0.0461. The molecule has 0 fully saturated rings. The first-order valence-corrected chi connectivity index (χ1v) is 26.2. The van der Waals surface area contributed by atoms with Crippen LogP contribution in [0.2, 0.25) is 0 Å². The van der Waals surface area contributed by atoms with Gasteiger partial charge >= 0.3 is 0 Å². The number of hydrogen-bond acceptors (Lipinski definition) is 18. The van der Waals surface area contributed by atoms with Gasteiger partial charge in [0.05, 0.1) is 21.0 Å². The van der Waals surface area contributed by atoms with Crippen molar-refractivity contribution in [2.24, 2.45) is 20.5 Å². The van der Waals surface area contributed by atoms with E-state index < -0.39 is 60.1 Å². The number of rotatable bonds is 13. The highest BCUT2D eigenvalue weighted by molar-refractivity contribution is 7.87. The van der Waals surface area contributed by atoms with Gasteiger partial charge in [-0.25, -0.2) is 4.98 Å². The Bertz CT molecular complexity index is 4100. The Morgan fingerprint density at radius 2 is 1.09 bits per heavy atom. The van der Waals surface area contributed by atoms with Crippen LogP contribution in [0.25, 0.3) is 32.7 Å². The normalized spacial score (nSPS) is 12.4. The minimum Gasteiger partial charge on any atom is -0.339 e. The van der Waals surface area contributed by atoms with E-state index in [0.29, 0.717) is 5.56 Å². The third-order valence-electron chi connectivity index (χ3n) is 10.4. The molecule has 0 aliphatic carbocycles. The standard InChI is InChI=1S/C44H29N9O12S5/c1-24-35(22-45)41(47-28-8-13-31(14-9-28)67(54,55)56)49-42(48-29-10-15-32(16-11-29)68(57,58)59)40(24)51-52-43-36(23-46)39(27-7-6-25-4-2-3-5-26(25)20-27)44(66-43)53-50-30-12-17-33-34(21-30)38(70(63,64)65)19-18-37(33)69(60,61)62/h2-21H,1H3,(H2,47,48,49)(H,54,55,56)(H,57,58,59)(H,60,61,62)(H,63,64,65).